The molecule has 5 heteroatoms. The van der Waals surface area contributed by atoms with Crippen LogP contribution in [0.2, 0.25) is 0 Å². The highest BCUT2D eigenvalue weighted by molar-refractivity contribution is 5.93. The Balaban J connectivity index is 2.39. The summed E-state index contributed by atoms with van der Waals surface area (Å²) in [6.07, 6.45) is 1.68. The fourth-order valence-electron chi connectivity index (χ4n) is 1.36. The maximum absolute atomic E-state index is 11.0. The van der Waals surface area contributed by atoms with Crippen molar-refractivity contribution in [2.75, 3.05) is 5.32 Å². The van der Waals surface area contributed by atoms with Gasteiger partial charge in [-0.25, -0.2) is 4.68 Å². The van der Waals surface area contributed by atoms with Crippen LogP contribution < -0.4 is 11.1 Å². The molecule has 1 amide bonds. The number of nitrogens with one attached hydrogen (secondary N) is 1. The second kappa shape index (κ2) is 2.62. The Morgan fingerprint density at radius 2 is 2.54 bits per heavy atom. The average Bonchev–Trinajstić information content (AvgIpc) is 2.48. The number of hydrogen-bond acceptors (Lipinski definition) is 3. The minimum atomic E-state index is -0.397. The van der Waals surface area contributed by atoms with Crippen molar-refractivity contribution in [3.63, 3.8) is 0 Å². The Morgan fingerprint density at radius 3 is 3.23 bits per heavy atom. The molecule has 1 aliphatic heterocycles. The van der Waals surface area contributed by atoms with Crippen LogP contribution in [0.25, 0.3) is 0 Å². The number of amides is 1. The van der Waals surface area contributed by atoms with Gasteiger partial charge in [-0.15, -0.1) is 0 Å². The normalized spacial score (nSPS) is 15.2. The van der Waals surface area contributed by atoms with Gasteiger partial charge in [0.15, 0.2) is 0 Å². The summed E-state index contributed by atoms with van der Waals surface area (Å²) >= 11 is 0. The lowest BCUT2D eigenvalue weighted by Gasteiger charge is -2.19. The van der Waals surface area contributed by atoms with E-state index in [0.717, 1.165) is 11.5 Å². The number of aromatic nitrogens is 2. The molecule has 2 heterocycles. The number of hydrogen-bond donors (Lipinski definition) is 2. The zero-order valence-corrected chi connectivity index (χ0v) is 7.24. The minimum Gasteiger partial charge on any atom is -0.366 e. The first-order valence-electron chi connectivity index (χ1n) is 3.97. The molecular weight excluding hydrogens is 168 g/mol. The molecule has 0 spiro atoms. The van der Waals surface area contributed by atoms with E-state index in [1.54, 1.807) is 10.9 Å². The number of nitrogens with two attached hydrogens (primary N) is 1. The van der Waals surface area contributed by atoms with Gasteiger partial charge in [0, 0.05) is 11.8 Å². The third-order valence-corrected chi connectivity index (χ3v) is 2.09. The van der Waals surface area contributed by atoms with Crippen LogP contribution in [-0.4, -0.2) is 15.7 Å². The summed E-state index contributed by atoms with van der Waals surface area (Å²) in [7, 11) is 0. The quantitative estimate of drug-likeness (QED) is 0.639. The molecule has 1 aromatic heterocycles. The molecule has 0 aliphatic carbocycles. The van der Waals surface area contributed by atoms with Crippen molar-refractivity contribution < 1.29 is 4.79 Å². The van der Waals surface area contributed by atoms with Gasteiger partial charge in [0.05, 0.1) is 18.3 Å². The number of primary amides is 1. The van der Waals surface area contributed by atoms with Crippen LogP contribution >= 0.6 is 0 Å². The first-order valence-corrected chi connectivity index (χ1v) is 3.97. The number of carbonyl (C=O) groups is 1. The average molecular weight is 178 g/mol. The molecule has 5 nitrogen and oxygen atoms in total. The van der Waals surface area contributed by atoms with Crippen LogP contribution in [0.5, 0.6) is 0 Å². The summed E-state index contributed by atoms with van der Waals surface area (Å²) in [5, 5.41) is 7.09. The van der Waals surface area contributed by atoms with Crippen molar-refractivity contribution in [2.45, 2.75) is 13.5 Å². The van der Waals surface area contributed by atoms with E-state index in [0.29, 0.717) is 12.1 Å². The van der Waals surface area contributed by atoms with Crippen LogP contribution in [0.4, 0.5) is 5.82 Å². The van der Waals surface area contributed by atoms with Crippen LogP contribution in [0.1, 0.15) is 6.92 Å². The molecule has 0 aromatic carbocycles. The molecule has 0 atom stereocenters. The van der Waals surface area contributed by atoms with Crippen molar-refractivity contribution in [3.8, 4) is 0 Å². The second-order valence-electron chi connectivity index (χ2n) is 2.97. The zero-order chi connectivity index (χ0) is 9.42. The van der Waals surface area contributed by atoms with Crippen molar-refractivity contribution in [2.24, 2.45) is 5.73 Å². The van der Waals surface area contributed by atoms with E-state index in [9.17, 15) is 4.79 Å². The number of allylic oxidation sites excluding steroid dienone is 1. The highest BCUT2D eigenvalue weighted by Crippen LogP contribution is 2.19. The summed E-state index contributed by atoms with van der Waals surface area (Å²) in [4.78, 5) is 11.0. The highest BCUT2D eigenvalue weighted by atomic mass is 16.1. The van der Waals surface area contributed by atoms with E-state index in [1.807, 2.05) is 13.0 Å². The van der Waals surface area contributed by atoms with E-state index in [4.69, 9.17) is 5.73 Å². The lowest BCUT2D eigenvalue weighted by molar-refractivity contribution is -0.114. The zero-order valence-electron chi connectivity index (χ0n) is 7.24. The predicted octanol–water partition coefficient (Wildman–Crippen LogP) is 0.0679. The highest BCUT2D eigenvalue weighted by Gasteiger charge is 2.17. The van der Waals surface area contributed by atoms with Gasteiger partial charge in [0.2, 0.25) is 5.91 Å². The van der Waals surface area contributed by atoms with Gasteiger partial charge < -0.3 is 11.1 Å². The standard InChI is InChI=1S/C8H10N4O/c1-5-6(8(9)13)4-12-7(11-5)2-3-10-12/h2-3,11H,4H2,1H3,(H2,9,13). The number of carbonyl (C=O) groups excluding carboxylic acids is 1. The molecular formula is C8H10N4O. The maximum Gasteiger partial charge on any atom is 0.248 e. The van der Waals surface area contributed by atoms with E-state index in [-0.39, 0.29) is 0 Å². The van der Waals surface area contributed by atoms with Crippen molar-refractivity contribution >= 4 is 11.7 Å². The van der Waals surface area contributed by atoms with Crippen molar-refractivity contribution in [1.29, 1.82) is 0 Å². The first-order chi connectivity index (χ1) is 6.18. The fraction of sp³-hybridized carbons (Fsp3) is 0.250. The lowest BCUT2D eigenvalue weighted by atomic mass is 10.2. The SMILES string of the molecule is CC1=C(C(N)=O)Cn2nccc2N1. The molecule has 68 valence electrons. The Bertz CT molecular complexity index is 391. The molecule has 3 N–H and O–H groups in total. The van der Waals surface area contributed by atoms with Gasteiger partial charge in [-0.05, 0) is 6.92 Å². The van der Waals surface area contributed by atoms with Gasteiger partial charge in [0.25, 0.3) is 0 Å². The topological polar surface area (TPSA) is 72.9 Å². The third kappa shape index (κ3) is 1.18. The molecule has 2 rings (SSSR count). The smallest absolute Gasteiger partial charge is 0.248 e. The molecule has 0 radical (unpaired) electrons. The van der Waals surface area contributed by atoms with Crippen molar-refractivity contribution in [3.05, 3.63) is 23.5 Å². The van der Waals surface area contributed by atoms with Crippen LogP contribution in [-0.2, 0) is 11.3 Å². The molecule has 0 saturated heterocycles. The molecule has 0 fully saturated rings. The second-order valence-corrected chi connectivity index (χ2v) is 2.97. The Morgan fingerprint density at radius 1 is 1.77 bits per heavy atom. The van der Waals surface area contributed by atoms with Gasteiger partial charge in [-0.1, -0.05) is 0 Å². The van der Waals surface area contributed by atoms with Crippen LogP contribution in [0.3, 0.4) is 0 Å². The number of fused-ring (bicyclic) bond motifs is 1. The summed E-state index contributed by atoms with van der Waals surface area (Å²) in [5.41, 5.74) is 6.59. The molecule has 1 aromatic rings. The predicted molar refractivity (Wildman–Crippen MR) is 47.7 cm³/mol. The van der Waals surface area contributed by atoms with E-state index in [2.05, 4.69) is 10.4 Å². The van der Waals surface area contributed by atoms with Gasteiger partial charge in [-0.3, -0.25) is 4.79 Å². The van der Waals surface area contributed by atoms with Crippen LogP contribution in [0, 0.1) is 0 Å². The summed E-state index contributed by atoms with van der Waals surface area (Å²) in [6.45, 7) is 2.28. The van der Waals surface area contributed by atoms with Crippen molar-refractivity contribution in [1.82, 2.24) is 9.78 Å². The molecule has 13 heavy (non-hydrogen) atoms. The number of anilines is 1. The first kappa shape index (κ1) is 7.85. The lowest BCUT2D eigenvalue weighted by Crippen LogP contribution is -2.26. The Hall–Kier alpha value is -1.78. The van der Waals surface area contributed by atoms with Gasteiger partial charge in [0.1, 0.15) is 5.82 Å². The summed E-state index contributed by atoms with van der Waals surface area (Å²) in [6, 6.07) is 1.85. The Labute approximate surface area is 75.2 Å². The molecule has 0 unspecified atom stereocenters. The largest absolute Gasteiger partial charge is 0.366 e. The molecule has 1 aliphatic rings. The minimum absolute atomic E-state index is 0.397. The van der Waals surface area contributed by atoms with E-state index >= 15 is 0 Å². The summed E-state index contributed by atoms with van der Waals surface area (Å²) < 4.78 is 1.70. The molecule has 0 saturated carbocycles. The Kier molecular flexibility index (Phi) is 1.58. The third-order valence-electron chi connectivity index (χ3n) is 2.09. The number of nitrogens with zero attached hydrogens (tertiary/aromatic N) is 2. The van der Waals surface area contributed by atoms with Gasteiger partial charge in [-0.2, -0.15) is 5.10 Å². The van der Waals surface area contributed by atoms with Crippen LogP contribution in [0.15, 0.2) is 23.5 Å². The van der Waals surface area contributed by atoms with Gasteiger partial charge >= 0.3 is 0 Å². The maximum atomic E-state index is 11.0. The molecule has 0 bridgehead atoms. The fourth-order valence-corrected chi connectivity index (χ4v) is 1.36. The number of rotatable bonds is 1. The summed E-state index contributed by atoms with van der Waals surface area (Å²) in [5.74, 6) is 0.494. The van der Waals surface area contributed by atoms with E-state index in [1.165, 1.54) is 0 Å². The monoisotopic (exact) mass is 178 g/mol. The van der Waals surface area contributed by atoms with E-state index < -0.39 is 5.91 Å².